The van der Waals surface area contributed by atoms with Crippen LogP contribution in [0.4, 0.5) is 5.82 Å². The Morgan fingerprint density at radius 1 is 1.30 bits per heavy atom. The van der Waals surface area contributed by atoms with E-state index in [1.807, 2.05) is 0 Å². The van der Waals surface area contributed by atoms with Crippen LogP contribution in [0.3, 0.4) is 0 Å². The number of aromatic nitrogens is 2. The molecule has 2 heterocycles. The molecular weight excluding hydrogens is 270 g/mol. The van der Waals surface area contributed by atoms with Crippen molar-refractivity contribution in [2.75, 3.05) is 19.0 Å². The summed E-state index contributed by atoms with van der Waals surface area (Å²) in [6.45, 7) is 7.34. The molecular formula is C15H23N3OS. The second-order valence-electron chi connectivity index (χ2n) is 4.77. The summed E-state index contributed by atoms with van der Waals surface area (Å²) >= 11 is 1.75. The van der Waals surface area contributed by atoms with Crippen LogP contribution in [0.15, 0.2) is 6.07 Å². The molecule has 0 aliphatic rings. The van der Waals surface area contributed by atoms with Gasteiger partial charge in [0.1, 0.15) is 16.8 Å². The highest BCUT2D eigenvalue weighted by molar-refractivity contribution is 7.18. The van der Waals surface area contributed by atoms with Crippen molar-refractivity contribution in [2.24, 2.45) is 0 Å². The number of rotatable bonds is 7. The monoisotopic (exact) mass is 293 g/mol. The maximum Gasteiger partial charge on any atom is 0.161 e. The number of fused-ring (bicyclic) bond motifs is 1. The van der Waals surface area contributed by atoms with Crippen LogP contribution < -0.4 is 5.32 Å². The second kappa shape index (κ2) is 6.99. The van der Waals surface area contributed by atoms with Gasteiger partial charge in [0.05, 0.1) is 5.39 Å². The standard InChI is InChI=1S/C15H23N3OS/c1-5-8-16-13-11-9-10(6-2)20-15(11)18-14(17-13)12(7-3)19-4/h9,12H,5-8H2,1-4H3,(H,16,17,18). The van der Waals surface area contributed by atoms with Gasteiger partial charge in [-0.3, -0.25) is 0 Å². The Balaban J connectivity index is 2.49. The average Bonchev–Trinajstić information content (AvgIpc) is 2.89. The fraction of sp³-hybridized carbons (Fsp3) is 0.600. The Morgan fingerprint density at radius 2 is 2.10 bits per heavy atom. The largest absolute Gasteiger partial charge is 0.373 e. The first-order valence-corrected chi connectivity index (χ1v) is 8.12. The molecule has 0 aliphatic carbocycles. The molecule has 20 heavy (non-hydrogen) atoms. The highest BCUT2D eigenvalue weighted by Crippen LogP contribution is 2.31. The molecule has 0 fully saturated rings. The number of aryl methyl sites for hydroxylation is 1. The maximum atomic E-state index is 5.48. The van der Waals surface area contributed by atoms with Gasteiger partial charge < -0.3 is 10.1 Å². The van der Waals surface area contributed by atoms with Crippen LogP contribution in [-0.2, 0) is 11.2 Å². The van der Waals surface area contributed by atoms with Crippen LogP contribution in [-0.4, -0.2) is 23.6 Å². The van der Waals surface area contributed by atoms with Gasteiger partial charge in [0.2, 0.25) is 0 Å². The number of methoxy groups -OCH3 is 1. The van der Waals surface area contributed by atoms with E-state index in [-0.39, 0.29) is 6.10 Å². The molecule has 0 bridgehead atoms. The zero-order valence-corrected chi connectivity index (χ0v) is 13.5. The van der Waals surface area contributed by atoms with E-state index in [0.29, 0.717) is 0 Å². The zero-order valence-electron chi connectivity index (χ0n) is 12.7. The molecule has 2 aromatic rings. The van der Waals surface area contributed by atoms with Gasteiger partial charge in [-0.25, -0.2) is 9.97 Å². The van der Waals surface area contributed by atoms with E-state index in [1.54, 1.807) is 18.4 Å². The lowest BCUT2D eigenvalue weighted by Gasteiger charge is -2.13. The molecule has 1 atom stereocenters. The first-order chi connectivity index (χ1) is 9.73. The summed E-state index contributed by atoms with van der Waals surface area (Å²) < 4.78 is 5.48. The molecule has 110 valence electrons. The highest BCUT2D eigenvalue weighted by Gasteiger charge is 2.16. The van der Waals surface area contributed by atoms with Crippen molar-refractivity contribution in [3.05, 3.63) is 16.8 Å². The Labute approximate surface area is 124 Å². The number of nitrogens with zero attached hydrogens (tertiary/aromatic N) is 2. The Kier molecular flexibility index (Phi) is 5.31. The minimum Gasteiger partial charge on any atom is -0.373 e. The molecule has 0 aliphatic heterocycles. The SMILES string of the molecule is CCCNc1nc(C(CC)OC)nc2sc(CC)cc12. The molecule has 0 aromatic carbocycles. The van der Waals surface area contributed by atoms with Crippen molar-refractivity contribution in [1.29, 1.82) is 0 Å². The van der Waals surface area contributed by atoms with Crippen LogP contribution >= 0.6 is 11.3 Å². The predicted molar refractivity (Wildman–Crippen MR) is 85.6 cm³/mol. The van der Waals surface area contributed by atoms with E-state index in [1.165, 1.54) is 4.88 Å². The van der Waals surface area contributed by atoms with E-state index in [0.717, 1.165) is 47.7 Å². The number of anilines is 1. The first-order valence-electron chi connectivity index (χ1n) is 7.30. The number of thiophene rings is 1. The van der Waals surface area contributed by atoms with Gasteiger partial charge in [-0.1, -0.05) is 20.8 Å². The van der Waals surface area contributed by atoms with Gasteiger partial charge in [-0.15, -0.1) is 11.3 Å². The third-order valence-corrected chi connectivity index (χ3v) is 4.47. The number of hydrogen-bond donors (Lipinski definition) is 1. The molecule has 0 amide bonds. The van der Waals surface area contributed by atoms with Crippen molar-refractivity contribution >= 4 is 27.4 Å². The minimum atomic E-state index is -0.0336. The Morgan fingerprint density at radius 3 is 2.70 bits per heavy atom. The molecule has 0 saturated heterocycles. The van der Waals surface area contributed by atoms with E-state index in [4.69, 9.17) is 9.72 Å². The van der Waals surface area contributed by atoms with Crippen LogP contribution in [0.1, 0.15) is 50.4 Å². The summed E-state index contributed by atoms with van der Waals surface area (Å²) in [5, 5.41) is 4.55. The third-order valence-electron chi connectivity index (χ3n) is 3.30. The Bertz CT molecular complexity index is 563. The number of hydrogen-bond acceptors (Lipinski definition) is 5. The van der Waals surface area contributed by atoms with E-state index in [9.17, 15) is 0 Å². The molecule has 0 saturated carbocycles. The third kappa shape index (κ3) is 3.10. The van der Waals surface area contributed by atoms with Gasteiger partial charge in [0.25, 0.3) is 0 Å². The number of ether oxygens (including phenoxy) is 1. The summed E-state index contributed by atoms with van der Waals surface area (Å²) in [6.07, 6.45) is 2.95. The van der Waals surface area contributed by atoms with E-state index in [2.05, 4.69) is 37.1 Å². The second-order valence-corrected chi connectivity index (χ2v) is 5.89. The van der Waals surface area contributed by atoms with Gasteiger partial charge >= 0.3 is 0 Å². The van der Waals surface area contributed by atoms with Crippen LogP contribution in [0.25, 0.3) is 10.2 Å². The van der Waals surface area contributed by atoms with Gasteiger partial charge in [-0.05, 0) is 25.3 Å². The lowest BCUT2D eigenvalue weighted by atomic mass is 10.2. The minimum absolute atomic E-state index is 0.0336. The van der Waals surface area contributed by atoms with Crippen LogP contribution in [0.2, 0.25) is 0 Å². The van der Waals surface area contributed by atoms with Gasteiger partial charge in [0, 0.05) is 18.5 Å². The maximum absolute atomic E-state index is 5.48. The molecule has 0 radical (unpaired) electrons. The molecule has 0 spiro atoms. The smallest absolute Gasteiger partial charge is 0.161 e. The summed E-state index contributed by atoms with van der Waals surface area (Å²) in [7, 11) is 1.72. The van der Waals surface area contributed by atoms with Crippen molar-refractivity contribution in [3.8, 4) is 0 Å². The fourth-order valence-corrected chi connectivity index (χ4v) is 3.11. The van der Waals surface area contributed by atoms with E-state index < -0.39 is 0 Å². The van der Waals surface area contributed by atoms with Crippen LogP contribution in [0.5, 0.6) is 0 Å². The molecule has 1 N–H and O–H groups in total. The summed E-state index contributed by atoms with van der Waals surface area (Å²) in [4.78, 5) is 11.8. The summed E-state index contributed by atoms with van der Waals surface area (Å²) in [5.74, 6) is 1.73. The fourth-order valence-electron chi connectivity index (χ4n) is 2.14. The predicted octanol–water partition coefficient (Wildman–Crippen LogP) is 4.17. The molecule has 5 heteroatoms. The normalized spacial score (nSPS) is 12.8. The number of nitrogens with one attached hydrogen (secondary N) is 1. The summed E-state index contributed by atoms with van der Waals surface area (Å²) in [6, 6.07) is 2.20. The quantitative estimate of drug-likeness (QED) is 0.832. The Hall–Kier alpha value is -1.20. The van der Waals surface area contributed by atoms with Crippen molar-refractivity contribution < 1.29 is 4.74 Å². The first kappa shape index (κ1) is 15.2. The van der Waals surface area contributed by atoms with E-state index >= 15 is 0 Å². The van der Waals surface area contributed by atoms with Crippen molar-refractivity contribution in [1.82, 2.24) is 9.97 Å². The lowest BCUT2D eigenvalue weighted by Crippen LogP contribution is -2.09. The van der Waals surface area contributed by atoms with Gasteiger partial charge in [-0.2, -0.15) is 0 Å². The summed E-state index contributed by atoms with van der Waals surface area (Å²) in [5.41, 5.74) is 0. The molecule has 2 rings (SSSR count). The highest BCUT2D eigenvalue weighted by atomic mass is 32.1. The lowest BCUT2D eigenvalue weighted by molar-refractivity contribution is 0.0930. The van der Waals surface area contributed by atoms with Crippen molar-refractivity contribution in [2.45, 2.75) is 46.1 Å². The molecule has 2 aromatic heterocycles. The van der Waals surface area contributed by atoms with Crippen LogP contribution in [0, 0.1) is 0 Å². The average molecular weight is 293 g/mol. The zero-order chi connectivity index (χ0) is 14.5. The molecule has 4 nitrogen and oxygen atoms in total. The van der Waals surface area contributed by atoms with Crippen molar-refractivity contribution in [3.63, 3.8) is 0 Å². The topological polar surface area (TPSA) is 47.0 Å². The van der Waals surface area contributed by atoms with Gasteiger partial charge in [0.15, 0.2) is 5.82 Å². The molecule has 1 unspecified atom stereocenters.